The summed E-state index contributed by atoms with van der Waals surface area (Å²) < 4.78 is 5.37. The molecular formula is C22H36N4O. The summed E-state index contributed by atoms with van der Waals surface area (Å²) in [7, 11) is 1.72. The third-order valence-electron chi connectivity index (χ3n) is 6.68. The average Bonchev–Trinajstić information content (AvgIpc) is 3.12. The highest BCUT2D eigenvalue weighted by Gasteiger charge is 2.53. The summed E-state index contributed by atoms with van der Waals surface area (Å²) in [6.07, 6.45) is 1.19. The van der Waals surface area contributed by atoms with Crippen LogP contribution in [0.4, 0.5) is 5.69 Å². The lowest BCUT2D eigenvalue weighted by Gasteiger charge is -2.62. The van der Waals surface area contributed by atoms with Crippen molar-refractivity contribution >= 4 is 11.6 Å². The Labute approximate surface area is 164 Å². The van der Waals surface area contributed by atoms with Gasteiger partial charge in [-0.05, 0) is 45.2 Å². The highest BCUT2D eigenvalue weighted by Crippen LogP contribution is 2.46. The second-order valence-electron chi connectivity index (χ2n) is 9.03. The number of nitrogens with zero attached hydrogens (tertiary/aromatic N) is 3. The fourth-order valence-electron chi connectivity index (χ4n) is 4.03. The van der Waals surface area contributed by atoms with E-state index in [4.69, 9.17) is 9.73 Å². The van der Waals surface area contributed by atoms with Crippen molar-refractivity contribution in [2.24, 2.45) is 16.3 Å². The number of hydrogen-bond donors (Lipinski definition) is 1. The molecule has 0 saturated carbocycles. The van der Waals surface area contributed by atoms with Crippen LogP contribution in [0.1, 0.15) is 41.0 Å². The number of hydrogen-bond acceptors (Lipinski definition) is 3. The van der Waals surface area contributed by atoms with Crippen LogP contribution in [0.25, 0.3) is 0 Å². The second kappa shape index (κ2) is 7.61. The van der Waals surface area contributed by atoms with Gasteiger partial charge in [0, 0.05) is 55.4 Å². The average molecular weight is 373 g/mol. The van der Waals surface area contributed by atoms with Crippen molar-refractivity contribution in [3.63, 3.8) is 0 Å². The van der Waals surface area contributed by atoms with Crippen molar-refractivity contribution in [3.8, 4) is 5.75 Å². The van der Waals surface area contributed by atoms with Gasteiger partial charge in [0.1, 0.15) is 5.75 Å². The molecule has 1 aromatic rings. The lowest BCUT2D eigenvalue weighted by Crippen LogP contribution is -2.72. The zero-order chi connectivity index (χ0) is 19.7. The molecule has 1 N–H and O–H groups in total. The van der Waals surface area contributed by atoms with E-state index in [2.05, 4.69) is 67.9 Å². The predicted molar refractivity (Wildman–Crippen MR) is 114 cm³/mol. The summed E-state index contributed by atoms with van der Waals surface area (Å²) in [5.41, 5.74) is 1.70. The van der Waals surface area contributed by atoms with Gasteiger partial charge in [0.05, 0.1) is 7.11 Å². The summed E-state index contributed by atoms with van der Waals surface area (Å²) >= 11 is 0. The van der Waals surface area contributed by atoms with Gasteiger partial charge in [-0.1, -0.05) is 19.9 Å². The van der Waals surface area contributed by atoms with Crippen LogP contribution < -0.4 is 15.0 Å². The van der Waals surface area contributed by atoms with Gasteiger partial charge >= 0.3 is 0 Å². The zero-order valence-electron chi connectivity index (χ0n) is 17.9. The SMILES string of the molecule is CCNC(=NCC1CCN(c2cccc(OC)c2)C1)N1CC(C)(C)C1(C)C. The van der Waals surface area contributed by atoms with Gasteiger partial charge < -0.3 is 19.9 Å². The molecule has 0 aromatic heterocycles. The maximum Gasteiger partial charge on any atom is 0.194 e. The summed E-state index contributed by atoms with van der Waals surface area (Å²) in [6.45, 7) is 16.5. The van der Waals surface area contributed by atoms with E-state index in [-0.39, 0.29) is 5.54 Å². The van der Waals surface area contributed by atoms with Crippen LogP contribution in [-0.2, 0) is 0 Å². The van der Waals surface area contributed by atoms with Crippen LogP contribution in [-0.4, -0.2) is 56.2 Å². The largest absolute Gasteiger partial charge is 0.497 e. The first kappa shape index (κ1) is 19.8. The van der Waals surface area contributed by atoms with Crippen molar-refractivity contribution in [2.45, 2.75) is 46.6 Å². The normalized spacial score (nSPS) is 23.9. The molecule has 5 nitrogen and oxygen atoms in total. The van der Waals surface area contributed by atoms with Gasteiger partial charge in [-0.2, -0.15) is 0 Å². The third-order valence-corrected chi connectivity index (χ3v) is 6.68. The highest BCUT2D eigenvalue weighted by molar-refractivity contribution is 5.82. The number of rotatable bonds is 5. The molecule has 2 aliphatic heterocycles. The molecule has 2 fully saturated rings. The van der Waals surface area contributed by atoms with Gasteiger partial charge in [0.2, 0.25) is 0 Å². The Morgan fingerprint density at radius 1 is 1.30 bits per heavy atom. The molecule has 2 heterocycles. The summed E-state index contributed by atoms with van der Waals surface area (Å²) in [6, 6.07) is 8.36. The number of likely N-dealkylation sites (tertiary alicyclic amines) is 1. The molecule has 1 aromatic carbocycles. The molecule has 0 radical (unpaired) electrons. The predicted octanol–water partition coefficient (Wildman–Crippen LogP) is 3.61. The van der Waals surface area contributed by atoms with Crippen LogP contribution in [0.15, 0.2) is 29.3 Å². The molecule has 2 aliphatic rings. The van der Waals surface area contributed by atoms with Gasteiger partial charge in [-0.25, -0.2) is 0 Å². The topological polar surface area (TPSA) is 40.1 Å². The van der Waals surface area contributed by atoms with E-state index in [0.717, 1.165) is 44.4 Å². The van der Waals surface area contributed by atoms with Gasteiger partial charge in [-0.3, -0.25) is 4.99 Å². The molecule has 5 heteroatoms. The number of anilines is 1. The summed E-state index contributed by atoms with van der Waals surface area (Å²) in [5, 5.41) is 3.51. The van der Waals surface area contributed by atoms with Crippen molar-refractivity contribution in [1.29, 1.82) is 0 Å². The first-order valence-corrected chi connectivity index (χ1v) is 10.2. The van der Waals surface area contributed by atoms with E-state index in [1.807, 2.05) is 6.07 Å². The monoisotopic (exact) mass is 372 g/mol. The van der Waals surface area contributed by atoms with Crippen LogP contribution in [0.5, 0.6) is 5.75 Å². The molecular weight excluding hydrogens is 336 g/mol. The lowest BCUT2D eigenvalue weighted by atomic mass is 9.65. The Kier molecular flexibility index (Phi) is 5.59. The molecule has 0 spiro atoms. The van der Waals surface area contributed by atoms with Crippen LogP contribution in [0, 0.1) is 11.3 Å². The Balaban J connectivity index is 1.62. The maximum absolute atomic E-state index is 5.37. The van der Waals surface area contributed by atoms with Crippen LogP contribution in [0.2, 0.25) is 0 Å². The van der Waals surface area contributed by atoms with Crippen LogP contribution in [0.3, 0.4) is 0 Å². The van der Waals surface area contributed by atoms with Gasteiger partial charge in [0.25, 0.3) is 0 Å². The smallest absolute Gasteiger partial charge is 0.194 e. The fraction of sp³-hybridized carbons (Fsp3) is 0.682. The number of benzene rings is 1. The first-order chi connectivity index (χ1) is 12.8. The lowest BCUT2D eigenvalue weighted by molar-refractivity contribution is -0.0667. The fourth-order valence-corrected chi connectivity index (χ4v) is 4.03. The quantitative estimate of drug-likeness (QED) is 0.633. The molecule has 0 aliphatic carbocycles. The van der Waals surface area contributed by atoms with E-state index in [1.54, 1.807) is 7.11 Å². The van der Waals surface area contributed by atoms with E-state index in [9.17, 15) is 0 Å². The molecule has 1 atom stereocenters. The summed E-state index contributed by atoms with van der Waals surface area (Å²) in [5.74, 6) is 2.59. The molecule has 1 unspecified atom stereocenters. The first-order valence-electron chi connectivity index (χ1n) is 10.2. The second-order valence-corrected chi connectivity index (χ2v) is 9.03. The molecule has 0 bridgehead atoms. The standard InChI is InChI=1S/C22H36N4O/c1-7-23-20(26-16-21(2,3)22(26,4)5)24-14-17-11-12-25(15-17)18-9-8-10-19(13-18)27-6/h8-10,13,17H,7,11-12,14-16H2,1-6H3,(H,23,24). The van der Waals surface area contributed by atoms with E-state index in [1.165, 1.54) is 12.1 Å². The van der Waals surface area contributed by atoms with Crippen molar-refractivity contribution in [3.05, 3.63) is 24.3 Å². The van der Waals surface area contributed by atoms with Gasteiger partial charge in [0.15, 0.2) is 5.96 Å². The number of ether oxygens (including phenoxy) is 1. The van der Waals surface area contributed by atoms with Crippen LogP contribution >= 0.6 is 0 Å². The number of guanidine groups is 1. The number of aliphatic imine (C=N–C) groups is 1. The van der Waals surface area contributed by atoms with E-state index < -0.39 is 0 Å². The highest BCUT2D eigenvalue weighted by atomic mass is 16.5. The summed E-state index contributed by atoms with van der Waals surface area (Å²) in [4.78, 5) is 9.91. The number of nitrogens with one attached hydrogen (secondary N) is 1. The van der Waals surface area contributed by atoms with Gasteiger partial charge in [-0.15, -0.1) is 0 Å². The Bertz CT molecular complexity index is 683. The molecule has 0 amide bonds. The molecule has 3 rings (SSSR count). The van der Waals surface area contributed by atoms with Crippen molar-refractivity contribution < 1.29 is 4.74 Å². The molecule has 150 valence electrons. The van der Waals surface area contributed by atoms with Crippen molar-refractivity contribution in [2.75, 3.05) is 44.7 Å². The minimum atomic E-state index is 0.135. The maximum atomic E-state index is 5.37. The Hall–Kier alpha value is -1.91. The Morgan fingerprint density at radius 3 is 2.70 bits per heavy atom. The Morgan fingerprint density at radius 2 is 2.07 bits per heavy atom. The molecule has 27 heavy (non-hydrogen) atoms. The molecule has 2 saturated heterocycles. The van der Waals surface area contributed by atoms with Crippen molar-refractivity contribution in [1.82, 2.24) is 10.2 Å². The third kappa shape index (κ3) is 3.87. The zero-order valence-corrected chi connectivity index (χ0v) is 17.9. The van der Waals surface area contributed by atoms with E-state index >= 15 is 0 Å². The van der Waals surface area contributed by atoms with E-state index in [0.29, 0.717) is 11.3 Å². The number of methoxy groups -OCH3 is 1. The minimum absolute atomic E-state index is 0.135. The minimum Gasteiger partial charge on any atom is -0.497 e.